The third-order valence-corrected chi connectivity index (χ3v) is 6.27. The van der Waals surface area contributed by atoms with Gasteiger partial charge in [0.05, 0.1) is 11.7 Å². The molecule has 1 unspecified atom stereocenters. The molecule has 134 valence electrons. The molecule has 0 saturated carbocycles. The molecule has 1 aliphatic heterocycles. The number of amides is 1. The van der Waals surface area contributed by atoms with Crippen LogP contribution >= 0.6 is 11.3 Å². The summed E-state index contributed by atoms with van der Waals surface area (Å²) in [6.07, 6.45) is 1.36. The van der Waals surface area contributed by atoms with Gasteiger partial charge in [-0.1, -0.05) is 18.2 Å². The van der Waals surface area contributed by atoms with Crippen LogP contribution in [0.4, 0.5) is 0 Å². The summed E-state index contributed by atoms with van der Waals surface area (Å²) < 4.78 is 0. The predicted octanol–water partition coefficient (Wildman–Crippen LogP) is 3.48. The van der Waals surface area contributed by atoms with Gasteiger partial charge in [-0.2, -0.15) is 0 Å². The van der Waals surface area contributed by atoms with Gasteiger partial charge in [0.25, 0.3) is 0 Å². The fourth-order valence-corrected chi connectivity index (χ4v) is 4.25. The Kier molecular flexibility index (Phi) is 5.54. The van der Waals surface area contributed by atoms with E-state index in [4.69, 9.17) is 4.98 Å². The average Bonchev–Trinajstić information content (AvgIpc) is 2.94. The summed E-state index contributed by atoms with van der Waals surface area (Å²) in [5.41, 5.74) is 4.91. The van der Waals surface area contributed by atoms with Crippen molar-refractivity contribution < 1.29 is 4.79 Å². The van der Waals surface area contributed by atoms with Crippen LogP contribution in [0.25, 0.3) is 0 Å². The van der Waals surface area contributed by atoms with Gasteiger partial charge in [-0.25, -0.2) is 4.98 Å². The molecule has 1 aromatic heterocycles. The zero-order valence-electron chi connectivity index (χ0n) is 15.6. The summed E-state index contributed by atoms with van der Waals surface area (Å²) in [5.74, 6) is 0.232. The van der Waals surface area contributed by atoms with Crippen LogP contribution in [0.15, 0.2) is 18.2 Å². The first-order valence-electron chi connectivity index (χ1n) is 8.96. The molecule has 2 heterocycles. The first-order valence-corrected chi connectivity index (χ1v) is 9.77. The molecule has 1 fully saturated rings. The Balaban J connectivity index is 1.69. The lowest BCUT2D eigenvalue weighted by Crippen LogP contribution is -2.48. The highest BCUT2D eigenvalue weighted by atomic mass is 32.1. The highest BCUT2D eigenvalue weighted by Crippen LogP contribution is 2.28. The van der Waals surface area contributed by atoms with Gasteiger partial charge >= 0.3 is 0 Å². The molecule has 3 rings (SSSR count). The summed E-state index contributed by atoms with van der Waals surface area (Å²) >= 11 is 1.72. The standard InChI is InChI=1S/C20H27N3OS/c1-13-5-6-17(11-14(13)2)7-8-19(24)23-10-9-21-12-18(23)20-22-15(3)16(4)25-20/h5-6,11,18,21H,7-10,12H2,1-4H3. The normalized spacial score (nSPS) is 17.8. The van der Waals surface area contributed by atoms with Crippen molar-refractivity contribution in [1.29, 1.82) is 0 Å². The molecule has 2 aromatic rings. The molecule has 1 atom stereocenters. The second-order valence-corrected chi connectivity index (χ2v) is 8.15. The minimum absolute atomic E-state index is 0.0680. The number of benzene rings is 1. The predicted molar refractivity (Wildman–Crippen MR) is 103 cm³/mol. The number of piperazine rings is 1. The summed E-state index contributed by atoms with van der Waals surface area (Å²) in [6.45, 7) is 10.8. The number of aromatic nitrogens is 1. The number of hydrogen-bond acceptors (Lipinski definition) is 4. The second kappa shape index (κ2) is 7.67. The number of aryl methyl sites for hydroxylation is 5. The number of rotatable bonds is 4. The zero-order chi connectivity index (χ0) is 18.0. The second-order valence-electron chi connectivity index (χ2n) is 6.92. The Hall–Kier alpha value is -1.72. The van der Waals surface area contributed by atoms with Gasteiger partial charge in [-0.15, -0.1) is 11.3 Å². The molecular weight excluding hydrogens is 330 g/mol. The van der Waals surface area contributed by atoms with E-state index in [1.165, 1.54) is 21.6 Å². The number of thiazole rings is 1. The van der Waals surface area contributed by atoms with Crippen LogP contribution in [0.1, 0.15) is 44.7 Å². The number of nitrogens with zero attached hydrogens (tertiary/aromatic N) is 2. The number of carbonyl (C=O) groups is 1. The molecule has 4 nitrogen and oxygen atoms in total. The maximum absolute atomic E-state index is 12.9. The third kappa shape index (κ3) is 4.10. The van der Waals surface area contributed by atoms with Crippen molar-refractivity contribution in [3.05, 3.63) is 50.5 Å². The molecule has 0 spiro atoms. The lowest BCUT2D eigenvalue weighted by atomic mass is 10.0. The van der Waals surface area contributed by atoms with Gasteiger partial charge in [0.1, 0.15) is 5.01 Å². The average molecular weight is 358 g/mol. The van der Waals surface area contributed by atoms with E-state index in [1.807, 2.05) is 11.8 Å². The van der Waals surface area contributed by atoms with Gasteiger partial charge in [-0.3, -0.25) is 4.79 Å². The van der Waals surface area contributed by atoms with Crippen LogP contribution in [-0.4, -0.2) is 35.4 Å². The van der Waals surface area contributed by atoms with Crippen LogP contribution in [0, 0.1) is 27.7 Å². The van der Waals surface area contributed by atoms with Gasteiger partial charge < -0.3 is 10.2 Å². The van der Waals surface area contributed by atoms with Crippen molar-refractivity contribution in [2.24, 2.45) is 0 Å². The van der Waals surface area contributed by atoms with Crippen LogP contribution in [-0.2, 0) is 11.2 Å². The number of nitrogens with one attached hydrogen (secondary N) is 1. The number of carbonyl (C=O) groups excluding carboxylic acids is 1. The molecule has 0 aliphatic carbocycles. The highest BCUT2D eigenvalue weighted by molar-refractivity contribution is 7.11. The number of hydrogen-bond donors (Lipinski definition) is 1. The van der Waals surface area contributed by atoms with E-state index in [0.29, 0.717) is 6.42 Å². The van der Waals surface area contributed by atoms with Crippen molar-refractivity contribution in [2.45, 2.75) is 46.6 Å². The molecule has 1 aliphatic rings. The fraction of sp³-hybridized carbons (Fsp3) is 0.500. The molecule has 0 bridgehead atoms. The Morgan fingerprint density at radius 2 is 2.08 bits per heavy atom. The molecular formula is C20H27N3OS. The Bertz CT molecular complexity index is 749. The van der Waals surface area contributed by atoms with E-state index in [-0.39, 0.29) is 11.9 Å². The monoisotopic (exact) mass is 357 g/mol. The first-order chi connectivity index (χ1) is 12.0. The van der Waals surface area contributed by atoms with Crippen LogP contribution in [0.5, 0.6) is 0 Å². The maximum Gasteiger partial charge on any atom is 0.223 e. The van der Waals surface area contributed by atoms with Gasteiger partial charge in [-0.05, 0) is 50.8 Å². The molecule has 1 aromatic carbocycles. The first kappa shape index (κ1) is 18.1. The van der Waals surface area contributed by atoms with Gasteiger partial charge in [0.2, 0.25) is 5.91 Å². The van der Waals surface area contributed by atoms with E-state index in [2.05, 4.69) is 44.3 Å². The van der Waals surface area contributed by atoms with Crippen LogP contribution < -0.4 is 5.32 Å². The van der Waals surface area contributed by atoms with Crippen LogP contribution in [0.3, 0.4) is 0 Å². The van der Waals surface area contributed by atoms with Crippen molar-refractivity contribution >= 4 is 17.2 Å². The van der Waals surface area contributed by atoms with E-state index < -0.39 is 0 Å². The summed E-state index contributed by atoms with van der Waals surface area (Å²) in [4.78, 5) is 20.8. The molecule has 25 heavy (non-hydrogen) atoms. The summed E-state index contributed by atoms with van der Waals surface area (Å²) in [7, 11) is 0. The lowest BCUT2D eigenvalue weighted by Gasteiger charge is -2.35. The smallest absolute Gasteiger partial charge is 0.223 e. The van der Waals surface area contributed by atoms with E-state index in [0.717, 1.165) is 36.8 Å². The third-order valence-electron chi connectivity index (χ3n) is 5.09. The van der Waals surface area contributed by atoms with Crippen molar-refractivity contribution in [3.63, 3.8) is 0 Å². The summed E-state index contributed by atoms with van der Waals surface area (Å²) in [5, 5.41) is 4.46. The Labute approximate surface area is 154 Å². The molecule has 0 radical (unpaired) electrons. The molecule has 1 N–H and O–H groups in total. The molecule has 1 amide bonds. The molecule has 5 heteroatoms. The quantitative estimate of drug-likeness (QED) is 0.911. The zero-order valence-corrected chi connectivity index (χ0v) is 16.4. The summed E-state index contributed by atoms with van der Waals surface area (Å²) in [6, 6.07) is 6.55. The molecule has 1 saturated heterocycles. The Morgan fingerprint density at radius 3 is 2.76 bits per heavy atom. The highest BCUT2D eigenvalue weighted by Gasteiger charge is 2.30. The van der Waals surface area contributed by atoms with Crippen molar-refractivity contribution in [1.82, 2.24) is 15.2 Å². The largest absolute Gasteiger partial charge is 0.331 e. The minimum atomic E-state index is 0.0680. The van der Waals surface area contributed by atoms with Crippen LogP contribution in [0.2, 0.25) is 0 Å². The topological polar surface area (TPSA) is 45.2 Å². The van der Waals surface area contributed by atoms with Gasteiger partial charge in [0.15, 0.2) is 0 Å². The van der Waals surface area contributed by atoms with E-state index in [9.17, 15) is 4.79 Å². The van der Waals surface area contributed by atoms with Crippen molar-refractivity contribution in [3.8, 4) is 0 Å². The van der Waals surface area contributed by atoms with Crippen molar-refractivity contribution in [2.75, 3.05) is 19.6 Å². The fourth-order valence-electron chi connectivity index (χ4n) is 3.22. The SMILES string of the molecule is Cc1ccc(CCC(=O)N2CCNCC2c2nc(C)c(C)s2)cc1C. The lowest BCUT2D eigenvalue weighted by molar-refractivity contribution is -0.134. The minimum Gasteiger partial charge on any atom is -0.331 e. The van der Waals surface area contributed by atoms with Gasteiger partial charge in [0, 0.05) is 30.9 Å². The Morgan fingerprint density at radius 1 is 1.28 bits per heavy atom. The maximum atomic E-state index is 12.9. The van der Waals surface area contributed by atoms with E-state index >= 15 is 0 Å². The van der Waals surface area contributed by atoms with E-state index in [1.54, 1.807) is 11.3 Å².